The van der Waals surface area contributed by atoms with E-state index in [9.17, 15) is 15.3 Å². The first-order valence-electron chi connectivity index (χ1n) is 6.71. The van der Waals surface area contributed by atoms with Gasteiger partial charge in [0.2, 0.25) is 0 Å². The second-order valence-electron chi connectivity index (χ2n) is 5.84. The SMILES string of the molecule is CC12O[C@H](CO)C(O)[C@@]1(O)[C@@H]2n1ccc2c(N)ncnc21. The van der Waals surface area contributed by atoms with Gasteiger partial charge in [-0.3, -0.25) is 0 Å². The molecule has 0 aromatic carbocycles. The van der Waals surface area contributed by atoms with Crippen LogP contribution >= 0.6 is 0 Å². The van der Waals surface area contributed by atoms with Crippen LogP contribution in [0.5, 0.6) is 0 Å². The highest BCUT2D eigenvalue weighted by atomic mass is 16.6. The Hall–Kier alpha value is -1.74. The number of anilines is 1. The van der Waals surface area contributed by atoms with Gasteiger partial charge in [-0.2, -0.15) is 0 Å². The highest BCUT2D eigenvalue weighted by Crippen LogP contribution is 2.67. The van der Waals surface area contributed by atoms with Crippen molar-refractivity contribution in [2.24, 2.45) is 0 Å². The topological polar surface area (TPSA) is 127 Å². The second kappa shape index (κ2) is 3.72. The van der Waals surface area contributed by atoms with E-state index in [0.717, 1.165) is 0 Å². The number of hydrogen-bond acceptors (Lipinski definition) is 7. The second-order valence-corrected chi connectivity index (χ2v) is 5.84. The molecule has 2 aromatic rings. The molecule has 0 amide bonds. The molecule has 0 spiro atoms. The van der Waals surface area contributed by atoms with Crippen molar-refractivity contribution in [2.45, 2.75) is 36.4 Å². The van der Waals surface area contributed by atoms with Gasteiger partial charge < -0.3 is 30.4 Å². The van der Waals surface area contributed by atoms with Gasteiger partial charge in [-0.15, -0.1) is 0 Å². The minimum atomic E-state index is -1.45. The lowest BCUT2D eigenvalue weighted by molar-refractivity contribution is -0.0726. The quantitative estimate of drug-likeness (QED) is 0.548. The first-order chi connectivity index (χ1) is 9.95. The number of nitrogens with zero attached hydrogens (tertiary/aromatic N) is 3. The summed E-state index contributed by atoms with van der Waals surface area (Å²) in [6.45, 7) is 1.38. The van der Waals surface area contributed by atoms with Crippen molar-refractivity contribution < 1.29 is 20.1 Å². The predicted molar refractivity (Wildman–Crippen MR) is 72.3 cm³/mol. The monoisotopic (exact) mass is 292 g/mol. The van der Waals surface area contributed by atoms with Gasteiger partial charge >= 0.3 is 0 Å². The summed E-state index contributed by atoms with van der Waals surface area (Å²) in [6.07, 6.45) is 1.16. The summed E-state index contributed by atoms with van der Waals surface area (Å²) in [5.74, 6) is 0.358. The summed E-state index contributed by atoms with van der Waals surface area (Å²) in [4.78, 5) is 8.12. The Balaban J connectivity index is 1.81. The number of ether oxygens (including phenoxy) is 1. The van der Waals surface area contributed by atoms with Crippen molar-refractivity contribution >= 4 is 16.9 Å². The predicted octanol–water partition coefficient (Wildman–Crippen LogP) is -1.19. The van der Waals surface area contributed by atoms with Crippen molar-refractivity contribution in [1.82, 2.24) is 14.5 Å². The van der Waals surface area contributed by atoms with Crippen molar-refractivity contribution in [1.29, 1.82) is 0 Å². The molecule has 0 bridgehead atoms. The van der Waals surface area contributed by atoms with Crippen LogP contribution in [-0.4, -0.2) is 59.9 Å². The zero-order valence-electron chi connectivity index (χ0n) is 11.3. The summed E-state index contributed by atoms with van der Waals surface area (Å²) < 4.78 is 7.40. The molecule has 1 saturated carbocycles. The van der Waals surface area contributed by atoms with Crippen LogP contribution in [0.25, 0.3) is 11.0 Å². The first kappa shape index (κ1) is 13.0. The molecule has 1 aliphatic carbocycles. The Labute approximate surface area is 119 Å². The Kier molecular flexibility index (Phi) is 2.29. The first-order valence-corrected chi connectivity index (χ1v) is 6.71. The maximum atomic E-state index is 10.8. The lowest BCUT2D eigenvalue weighted by atomic mass is 10.1. The molecule has 8 nitrogen and oxygen atoms in total. The minimum absolute atomic E-state index is 0.340. The summed E-state index contributed by atoms with van der Waals surface area (Å²) in [6, 6.07) is 1.27. The molecular formula is C13H16N4O4. The summed E-state index contributed by atoms with van der Waals surface area (Å²) >= 11 is 0. The van der Waals surface area contributed by atoms with Crippen molar-refractivity contribution in [2.75, 3.05) is 12.3 Å². The molecule has 2 aliphatic rings. The number of fused-ring (bicyclic) bond motifs is 2. The Bertz CT molecular complexity index is 734. The minimum Gasteiger partial charge on any atom is -0.394 e. The lowest BCUT2D eigenvalue weighted by Crippen LogP contribution is -2.39. The normalized spacial score (nSPS) is 41.4. The van der Waals surface area contributed by atoms with Gasteiger partial charge in [0.15, 0.2) is 0 Å². The van der Waals surface area contributed by atoms with Crippen molar-refractivity contribution in [3.05, 3.63) is 18.6 Å². The third kappa shape index (κ3) is 1.29. The largest absolute Gasteiger partial charge is 0.394 e. The maximum Gasteiger partial charge on any atom is 0.147 e. The van der Waals surface area contributed by atoms with Crippen molar-refractivity contribution in [3.63, 3.8) is 0 Å². The Morgan fingerprint density at radius 2 is 2.24 bits per heavy atom. The van der Waals surface area contributed by atoms with Crippen LogP contribution < -0.4 is 5.73 Å². The molecule has 112 valence electrons. The van der Waals surface area contributed by atoms with E-state index < -0.39 is 29.5 Å². The van der Waals surface area contributed by atoms with Gasteiger partial charge in [0.25, 0.3) is 0 Å². The van der Waals surface area contributed by atoms with Gasteiger partial charge in [0, 0.05) is 6.20 Å². The number of nitrogen functional groups attached to an aromatic ring is 1. The number of rotatable bonds is 2. The van der Waals surface area contributed by atoms with Crippen LogP contribution in [0, 0.1) is 0 Å². The zero-order chi connectivity index (χ0) is 15.0. The van der Waals surface area contributed by atoms with Crippen LogP contribution in [-0.2, 0) is 4.74 Å². The van der Waals surface area contributed by atoms with E-state index in [1.807, 2.05) is 0 Å². The van der Waals surface area contributed by atoms with E-state index in [1.54, 1.807) is 23.8 Å². The molecule has 2 unspecified atom stereocenters. The van der Waals surface area contributed by atoms with Crippen LogP contribution in [0.2, 0.25) is 0 Å². The average molecular weight is 292 g/mol. The number of hydrogen-bond donors (Lipinski definition) is 4. The standard InChI is InChI=1S/C13H16N4O4/c1-12-11(13(12,20)8(19)7(4-18)21-12)17-3-2-6-9(14)15-5-16-10(6)17/h2-3,5,7-8,11,18-20H,4H2,1H3,(H2,14,15,16)/t7-,8?,11-,12?,13-/m1/s1. The molecule has 2 fully saturated rings. The van der Waals surface area contributed by atoms with Crippen LogP contribution in [0.1, 0.15) is 13.0 Å². The number of aliphatic hydroxyl groups is 3. The fourth-order valence-corrected chi connectivity index (χ4v) is 3.67. The maximum absolute atomic E-state index is 10.8. The Morgan fingerprint density at radius 3 is 2.86 bits per heavy atom. The molecule has 21 heavy (non-hydrogen) atoms. The van der Waals surface area contributed by atoms with E-state index in [1.165, 1.54) is 6.33 Å². The van der Waals surface area contributed by atoms with Crippen LogP contribution in [0.4, 0.5) is 5.82 Å². The van der Waals surface area contributed by atoms with E-state index >= 15 is 0 Å². The fraction of sp³-hybridized carbons (Fsp3) is 0.538. The van der Waals surface area contributed by atoms with Gasteiger partial charge in [0.05, 0.1) is 12.0 Å². The van der Waals surface area contributed by atoms with Crippen LogP contribution in [0.3, 0.4) is 0 Å². The van der Waals surface area contributed by atoms with Gasteiger partial charge in [-0.05, 0) is 13.0 Å². The third-order valence-electron chi connectivity index (χ3n) is 4.85. The summed E-state index contributed by atoms with van der Waals surface area (Å²) in [5.41, 5.74) is 3.96. The number of aliphatic hydroxyl groups excluding tert-OH is 2. The van der Waals surface area contributed by atoms with Crippen molar-refractivity contribution in [3.8, 4) is 0 Å². The molecule has 5 atom stereocenters. The number of nitrogens with two attached hydrogens (primary N) is 1. The molecule has 5 N–H and O–H groups in total. The summed E-state index contributed by atoms with van der Waals surface area (Å²) in [5, 5.41) is 30.9. The Morgan fingerprint density at radius 1 is 1.48 bits per heavy atom. The molecular weight excluding hydrogens is 276 g/mol. The zero-order valence-corrected chi connectivity index (χ0v) is 11.3. The van der Waals surface area contributed by atoms with Gasteiger partial charge in [-0.25, -0.2) is 9.97 Å². The van der Waals surface area contributed by atoms with E-state index in [4.69, 9.17) is 10.5 Å². The lowest BCUT2D eigenvalue weighted by Gasteiger charge is -2.22. The summed E-state index contributed by atoms with van der Waals surface area (Å²) in [7, 11) is 0. The molecule has 2 aromatic heterocycles. The van der Waals surface area contributed by atoms with E-state index in [2.05, 4.69) is 9.97 Å². The molecule has 3 heterocycles. The number of aromatic nitrogens is 3. The van der Waals surface area contributed by atoms with E-state index in [-0.39, 0.29) is 6.61 Å². The molecule has 4 rings (SSSR count). The van der Waals surface area contributed by atoms with E-state index in [0.29, 0.717) is 16.9 Å². The average Bonchev–Trinajstić information content (AvgIpc) is 2.77. The third-order valence-corrected chi connectivity index (χ3v) is 4.85. The molecule has 8 heteroatoms. The molecule has 1 saturated heterocycles. The highest BCUT2D eigenvalue weighted by Gasteiger charge is 2.85. The smallest absolute Gasteiger partial charge is 0.147 e. The fourth-order valence-electron chi connectivity index (χ4n) is 3.67. The van der Waals surface area contributed by atoms with Gasteiger partial charge in [-0.1, -0.05) is 0 Å². The highest BCUT2D eigenvalue weighted by molar-refractivity contribution is 5.86. The van der Waals surface area contributed by atoms with Gasteiger partial charge in [0.1, 0.15) is 47.2 Å². The molecule has 0 radical (unpaired) electrons. The van der Waals surface area contributed by atoms with Crippen LogP contribution in [0.15, 0.2) is 18.6 Å². The molecule has 1 aliphatic heterocycles.